The van der Waals surface area contributed by atoms with Crippen LogP contribution in [0.25, 0.3) is 10.9 Å². The van der Waals surface area contributed by atoms with Crippen LogP contribution in [0.15, 0.2) is 24.3 Å². The zero-order valence-corrected chi connectivity index (χ0v) is 13.1. The van der Waals surface area contributed by atoms with E-state index in [4.69, 9.17) is 9.47 Å². The summed E-state index contributed by atoms with van der Waals surface area (Å²) >= 11 is 0. The van der Waals surface area contributed by atoms with Crippen molar-refractivity contribution in [1.29, 1.82) is 0 Å². The lowest BCUT2D eigenvalue weighted by atomic mass is 10.2. The average molecular weight is 292 g/mol. The molecule has 6 heteroatoms. The van der Waals surface area contributed by atoms with Gasteiger partial charge in [0.15, 0.2) is 12.5 Å². The predicted octanol–water partition coefficient (Wildman–Crippen LogP) is 3.03. The minimum absolute atomic E-state index is 0.0233. The molecule has 0 saturated carbocycles. The second-order valence-electron chi connectivity index (χ2n) is 5.89. The quantitative estimate of drug-likeness (QED) is 0.385. The van der Waals surface area contributed by atoms with Crippen LogP contribution >= 0.6 is 0 Å². The van der Waals surface area contributed by atoms with E-state index in [0.29, 0.717) is 12.3 Å². The van der Waals surface area contributed by atoms with Crippen LogP contribution in [-0.4, -0.2) is 37.6 Å². The summed E-state index contributed by atoms with van der Waals surface area (Å²) in [5, 5.41) is 7.55. The van der Waals surface area contributed by atoms with Crippen molar-refractivity contribution in [3.8, 4) is 0 Å². The standard InChI is InChI=1S/C14H20N2O3Si/c1-20(2,3)9-8-18-10-19-14(17)13-11-6-4-5-7-12(11)15-16-13/h4-7H,8-10H2,1-3H3,(H,15,16). The van der Waals surface area contributed by atoms with E-state index in [1.165, 1.54) is 0 Å². The van der Waals surface area contributed by atoms with Crippen LogP contribution in [0, 0.1) is 0 Å². The Balaban J connectivity index is 1.84. The van der Waals surface area contributed by atoms with Crippen molar-refractivity contribution in [3.05, 3.63) is 30.0 Å². The molecule has 0 atom stereocenters. The minimum Gasteiger partial charge on any atom is -0.434 e. The first-order valence-electron chi connectivity index (χ1n) is 6.65. The summed E-state index contributed by atoms with van der Waals surface area (Å²) in [5.41, 5.74) is 1.12. The molecule has 1 aromatic heterocycles. The fourth-order valence-electron chi connectivity index (χ4n) is 1.72. The van der Waals surface area contributed by atoms with Gasteiger partial charge in [0, 0.05) is 20.1 Å². The molecule has 2 rings (SSSR count). The number of fused-ring (bicyclic) bond motifs is 1. The van der Waals surface area contributed by atoms with Crippen molar-refractivity contribution in [3.63, 3.8) is 0 Å². The number of ether oxygens (including phenoxy) is 2. The maximum absolute atomic E-state index is 11.9. The molecule has 1 aromatic carbocycles. The normalized spacial score (nSPS) is 11.8. The smallest absolute Gasteiger partial charge is 0.361 e. The Kier molecular flexibility index (Phi) is 4.56. The Morgan fingerprint density at radius 2 is 2.05 bits per heavy atom. The number of carbonyl (C=O) groups excluding carboxylic acids is 1. The van der Waals surface area contributed by atoms with E-state index in [9.17, 15) is 4.79 Å². The molecule has 20 heavy (non-hydrogen) atoms. The molecule has 0 aliphatic carbocycles. The number of hydrogen-bond acceptors (Lipinski definition) is 4. The van der Waals surface area contributed by atoms with Crippen LogP contribution in [0.4, 0.5) is 0 Å². The molecule has 0 bridgehead atoms. The highest BCUT2D eigenvalue weighted by Crippen LogP contribution is 2.15. The Hall–Kier alpha value is -1.66. The summed E-state index contributed by atoms with van der Waals surface area (Å²) < 4.78 is 10.4. The Labute approximate surface area is 119 Å². The molecule has 1 heterocycles. The van der Waals surface area contributed by atoms with Crippen molar-refractivity contribution in [1.82, 2.24) is 10.2 Å². The number of para-hydroxylation sites is 1. The van der Waals surface area contributed by atoms with E-state index in [1.807, 2.05) is 24.3 Å². The Bertz CT molecular complexity index is 589. The molecular weight excluding hydrogens is 272 g/mol. The van der Waals surface area contributed by atoms with Crippen LogP contribution in [0.5, 0.6) is 0 Å². The molecule has 0 aliphatic heterocycles. The number of nitrogens with zero attached hydrogens (tertiary/aromatic N) is 1. The van der Waals surface area contributed by atoms with Gasteiger partial charge in [0.1, 0.15) is 0 Å². The first-order valence-corrected chi connectivity index (χ1v) is 10.4. The Morgan fingerprint density at radius 3 is 2.80 bits per heavy atom. The van der Waals surface area contributed by atoms with Crippen molar-refractivity contribution in [2.45, 2.75) is 25.7 Å². The van der Waals surface area contributed by atoms with Gasteiger partial charge in [-0.25, -0.2) is 4.79 Å². The largest absolute Gasteiger partial charge is 0.434 e. The van der Waals surface area contributed by atoms with E-state index in [2.05, 4.69) is 29.8 Å². The van der Waals surface area contributed by atoms with Crippen molar-refractivity contribution in [2.75, 3.05) is 13.4 Å². The van der Waals surface area contributed by atoms with Crippen LogP contribution in [0.1, 0.15) is 10.5 Å². The van der Waals surface area contributed by atoms with Crippen molar-refractivity contribution < 1.29 is 14.3 Å². The highest BCUT2D eigenvalue weighted by molar-refractivity contribution is 6.76. The highest BCUT2D eigenvalue weighted by atomic mass is 28.3. The molecule has 0 unspecified atom stereocenters. The maximum atomic E-state index is 11.9. The third-order valence-electron chi connectivity index (χ3n) is 2.93. The summed E-state index contributed by atoms with van der Waals surface area (Å²) in [6.45, 7) is 7.43. The average Bonchev–Trinajstić information content (AvgIpc) is 2.80. The zero-order valence-electron chi connectivity index (χ0n) is 12.1. The van der Waals surface area contributed by atoms with Crippen LogP contribution < -0.4 is 0 Å². The third-order valence-corrected chi connectivity index (χ3v) is 4.64. The molecule has 1 N–H and O–H groups in total. The lowest BCUT2D eigenvalue weighted by molar-refractivity contribution is -0.0279. The van der Waals surface area contributed by atoms with E-state index < -0.39 is 14.0 Å². The van der Waals surface area contributed by atoms with Crippen molar-refractivity contribution >= 4 is 24.9 Å². The monoisotopic (exact) mass is 292 g/mol. The number of aromatic amines is 1. The SMILES string of the molecule is C[Si](C)(C)CCOCOC(=O)c1n[nH]c2ccccc12. The lowest BCUT2D eigenvalue weighted by Crippen LogP contribution is -2.22. The number of aromatic nitrogens is 2. The molecule has 108 valence electrons. The fraction of sp³-hybridized carbons (Fsp3) is 0.429. The number of nitrogens with one attached hydrogen (secondary N) is 1. The van der Waals surface area contributed by atoms with Gasteiger partial charge in [-0.05, 0) is 12.1 Å². The summed E-state index contributed by atoms with van der Waals surface area (Å²) in [6, 6.07) is 8.50. The van der Waals surface area contributed by atoms with Crippen molar-refractivity contribution in [2.24, 2.45) is 0 Å². The molecule has 0 amide bonds. The van der Waals surface area contributed by atoms with E-state index >= 15 is 0 Å². The Morgan fingerprint density at radius 1 is 1.30 bits per heavy atom. The first-order chi connectivity index (χ1) is 9.47. The van der Waals surface area contributed by atoms with Gasteiger partial charge in [-0.15, -0.1) is 0 Å². The second-order valence-corrected chi connectivity index (χ2v) is 11.5. The molecule has 0 aliphatic rings. The van der Waals surface area contributed by atoms with Gasteiger partial charge in [0.05, 0.1) is 5.52 Å². The first kappa shape index (κ1) is 14.7. The minimum atomic E-state index is -1.11. The van der Waals surface area contributed by atoms with Gasteiger partial charge in [0.25, 0.3) is 0 Å². The van der Waals surface area contributed by atoms with E-state index in [1.54, 1.807) is 0 Å². The predicted molar refractivity (Wildman–Crippen MR) is 80.5 cm³/mol. The molecule has 2 aromatic rings. The fourth-order valence-corrected chi connectivity index (χ4v) is 2.48. The highest BCUT2D eigenvalue weighted by Gasteiger charge is 2.16. The number of hydrogen-bond donors (Lipinski definition) is 1. The van der Waals surface area contributed by atoms with Crippen LogP contribution in [0.3, 0.4) is 0 Å². The number of carbonyl (C=O) groups is 1. The molecule has 0 radical (unpaired) electrons. The van der Waals surface area contributed by atoms with Crippen LogP contribution in [-0.2, 0) is 9.47 Å². The van der Waals surface area contributed by atoms with Gasteiger partial charge in [-0.1, -0.05) is 37.8 Å². The van der Waals surface area contributed by atoms with E-state index in [-0.39, 0.29) is 6.79 Å². The second kappa shape index (κ2) is 6.19. The molecule has 0 spiro atoms. The number of rotatable bonds is 6. The molecule has 0 saturated heterocycles. The third kappa shape index (κ3) is 3.91. The summed E-state index contributed by atoms with van der Waals surface area (Å²) in [6.07, 6.45) is 0. The van der Waals surface area contributed by atoms with Crippen LogP contribution in [0.2, 0.25) is 25.7 Å². The zero-order chi connectivity index (χ0) is 14.6. The number of H-pyrrole nitrogens is 1. The van der Waals surface area contributed by atoms with Gasteiger partial charge >= 0.3 is 5.97 Å². The molecular formula is C14H20N2O3Si. The molecule has 5 nitrogen and oxygen atoms in total. The van der Waals surface area contributed by atoms with Gasteiger partial charge in [0.2, 0.25) is 0 Å². The maximum Gasteiger partial charge on any atom is 0.361 e. The molecule has 0 fully saturated rings. The van der Waals surface area contributed by atoms with Gasteiger partial charge in [-0.2, -0.15) is 5.10 Å². The summed E-state index contributed by atoms with van der Waals surface area (Å²) in [7, 11) is -1.11. The summed E-state index contributed by atoms with van der Waals surface area (Å²) in [4.78, 5) is 11.9. The number of esters is 1. The lowest BCUT2D eigenvalue weighted by Gasteiger charge is -2.15. The topological polar surface area (TPSA) is 64.2 Å². The van der Waals surface area contributed by atoms with E-state index in [0.717, 1.165) is 16.9 Å². The summed E-state index contributed by atoms with van der Waals surface area (Å²) in [5.74, 6) is -0.463. The number of benzene rings is 1. The van der Waals surface area contributed by atoms with Gasteiger partial charge < -0.3 is 9.47 Å². The van der Waals surface area contributed by atoms with Gasteiger partial charge in [-0.3, -0.25) is 5.10 Å².